The Labute approximate surface area is 52.4 Å². The molecule has 0 unspecified atom stereocenters. The first kappa shape index (κ1) is 9.55. The third kappa shape index (κ3) is 34.9. The smallest absolute Gasteiger partial charge is 0 e. The summed E-state index contributed by atoms with van der Waals surface area (Å²) in [5.74, 6) is 0. The van der Waals surface area contributed by atoms with Gasteiger partial charge in [-0.05, 0) is 0 Å². The molecule has 2 heteroatoms. The molecule has 0 heterocycles. The largest absolute Gasteiger partial charge is 0 e. The zero-order valence-corrected chi connectivity index (χ0v) is 9.00. The van der Waals surface area contributed by atoms with Gasteiger partial charge in [0, 0.05) is 19.8 Å². The molecule has 0 aliphatic carbocycles. The second-order valence-electron chi connectivity index (χ2n) is 1.73. The van der Waals surface area contributed by atoms with E-state index in [2.05, 4.69) is 16.4 Å². The molecule has 0 rings (SSSR count). The molecule has 27 valence electrons. The van der Waals surface area contributed by atoms with Gasteiger partial charge in [0.25, 0.3) is 0 Å². The van der Waals surface area contributed by atoms with E-state index in [0.717, 1.165) is 0 Å². The molecule has 0 saturated carbocycles. The van der Waals surface area contributed by atoms with E-state index in [1.807, 2.05) is 0 Å². The van der Waals surface area contributed by atoms with Crippen molar-refractivity contribution >= 4 is 36.0 Å². The Morgan fingerprint density at radius 1 is 1.00 bits per heavy atom. The van der Waals surface area contributed by atoms with Gasteiger partial charge in [-0.1, -0.05) is 0 Å². The van der Waals surface area contributed by atoms with Crippen LogP contribution >= 0.6 is 0 Å². The van der Waals surface area contributed by atoms with Crippen LogP contribution in [-0.2, 0) is 0 Å². The molecule has 0 aromatic heterocycles. The molecule has 0 nitrogen and oxygen atoms in total. The average molecular weight is 185 g/mol. The number of hydrogen-bond donors (Lipinski definition) is 0. The van der Waals surface area contributed by atoms with Gasteiger partial charge in [-0.15, -0.1) is 0 Å². The van der Waals surface area contributed by atoms with Gasteiger partial charge < -0.3 is 0 Å². The third-order valence-corrected chi connectivity index (χ3v) is 0. The van der Waals surface area contributed by atoms with Crippen molar-refractivity contribution in [1.82, 2.24) is 0 Å². The van der Waals surface area contributed by atoms with Crippen LogP contribution in [0.2, 0.25) is 16.4 Å². The van der Waals surface area contributed by atoms with Crippen LogP contribution in [0.25, 0.3) is 0 Å². The van der Waals surface area contributed by atoms with Crippen LogP contribution in [0.5, 0.6) is 0 Å². The summed E-state index contributed by atoms with van der Waals surface area (Å²) >= 11 is -0.479. The number of rotatable bonds is 0. The average Bonchev–Trinajstić information content (AvgIpc) is 0.811. The molecule has 0 atom stereocenters. The Morgan fingerprint density at radius 2 is 1.00 bits per heavy atom. The van der Waals surface area contributed by atoms with Crippen molar-refractivity contribution in [3.8, 4) is 0 Å². The van der Waals surface area contributed by atoms with E-state index in [-0.39, 0.29) is 19.8 Å². The van der Waals surface area contributed by atoms with Gasteiger partial charge in [0.05, 0.1) is 0 Å². The third-order valence-electron chi connectivity index (χ3n) is 0. The molecule has 3 radical (unpaired) electrons. The molecule has 0 N–H and O–H groups in total. The van der Waals surface area contributed by atoms with Crippen molar-refractivity contribution in [1.29, 1.82) is 0 Å². The van der Waals surface area contributed by atoms with Crippen molar-refractivity contribution in [3.05, 3.63) is 0 Å². The van der Waals surface area contributed by atoms with Gasteiger partial charge in [0.15, 0.2) is 0 Å². The van der Waals surface area contributed by atoms with Crippen LogP contribution in [0.3, 0.4) is 0 Å². The van der Waals surface area contributed by atoms with Crippen molar-refractivity contribution in [2.24, 2.45) is 0 Å². The van der Waals surface area contributed by atoms with Crippen LogP contribution in [0.15, 0.2) is 0 Å². The van der Waals surface area contributed by atoms with E-state index in [1.54, 1.807) is 0 Å². The molecule has 0 saturated heterocycles. The molecule has 0 aliphatic rings. The molecule has 0 spiro atoms. The van der Waals surface area contributed by atoms with Gasteiger partial charge in [0.1, 0.15) is 0 Å². The summed E-state index contributed by atoms with van der Waals surface area (Å²) in [4.78, 5) is 0. The van der Waals surface area contributed by atoms with Gasteiger partial charge in [-0.2, -0.15) is 0 Å². The van der Waals surface area contributed by atoms with Crippen molar-refractivity contribution < 1.29 is 0 Å². The van der Waals surface area contributed by atoms with E-state index >= 15 is 0 Å². The second-order valence-corrected chi connectivity index (χ2v) is 9.00. The predicted molar refractivity (Wildman–Crippen MR) is 29.1 cm³/mol. The minimum Gasteiger partial charge on any atom is 0 e. The fourth-order valence-electron chi connectivity index (χ4n) is 0. The molecule has 0 fully saturated rings. The van der Waals surface area contributed by atoms with Crippen molar-refractivity contribution in [2.45, 2.75) is 16.4 Å². The fraction of sp³-hybridized carbons (Fsp3) is 1.00. The molecule has 0 bridgehead atoms. The quantitative estimate of drug-likeness (QED) is 0.493. The second kappa shape index (κ2) is 5.27. The molecule has 0 aliphatic heterocycles. The Morgan fingerprint density at radius 3 is 1.00 bits per heavy atom. The van der Waals surface area contributed by atoms with Gasteiger partial charge >= 0.3 is 32.7 Å². The fourth-order valence-corrected chi connectivity index (χ4v) is 0. The molecule has 0 amide bonds. The zero-order chi connectivity index (χ0) is 3.58. The predicted octanol–water partition coefficient (Wildman–Crippen LogP) is 0.990. The van der Waals surface area contributed by atoms with Crippen LogP contribution in [0.4, 0.5) is 0 Å². The SMILES string of the molecule is [CH3][Ga]([CH3])[CH3].[Ga]. The van der Waals surface area contributed by atoms with E-state index in [9.17, 15) is 0 Å². The van der Waals surface area contributed by atoms with Crippen molar-refractivity contribution in [2.75, 3.05) is 0 Å². The summed E-state index contributed by atoms with van der Waals surface area (Å²) in [6.45, 7) is 0. The standard InChI is InChI=1S/3CH3.2Ga/h3*1H3;;. The van der Waals surface area contributed by atoms with Gasteiger partial charge in [-0.3, -0.25) is 0 Å². The van der Waals surface area contributed by atoms with Gasteiger partial charge in [-0.25, -0.2) is 0 Å². The molecular weight excluding hydrogens is 175 g/mol. The van der Waals surface area contributed by atoms with Crippen LogP contribution in [0, 0.1) is 0 Å². The van der Waals surface area contributed by atoms with E-state index in [0.29, 0.717) is 0 Å². The maximum absolute atomic E-state index is 2.35. The first-order valence-electron chi connectivity index (χ1n) is 1.73. The molecular formula is C3H9Ga2. The Balaban J connectivity index is 0. The summed E-state index contributed by atoms with van der Waals surface area (Å²) < 4.78 is 0. The summed E-state index contributed by atoms with van der Waals surface area (Å²) in [6.07, 6.45) is 0. The van der Waals surface area contributed by atoms with Crippen LogP contribution in [-0.4, -0.2) is 36.0 Å². The van der Waals surface area contributed by atoms with E-state index in [4.69, 9.17) is 0 Å². The Bertz CT molecular complexity index is 9.61. The molecule has 0 aromatic rings. The topological polar surface area (TPSA) is 0 Å². The zero-order valence-electron chi connectivity index (χ0n) is 4.15. The van der Waals surface area contributed by atoms with E-state index in [1.165, 1.54) is 0 Å². The minimum atomic E-state index is -0.479. The maximum atomic E-state index is 2.35. The summed E-state index contributed by atoms with van der Waals surface area (Å²) in [5, 5.41) is 0. The maximum Gasteiger partial charge on any atom is 0 e. The Kier molecular flexibility index (Phi) is 10.1. The van der Waals surface area contributed by atoms with Crippen LogP contribution < -0.4 is 0 Å². The minimum absolute atomic E-state index is 0. The van der Waals surface area contributed by atoms with Crippen LogP contribution in [0.1, 0.15) is 0 Å². The first-order valence-corrected chi connectivity index (χ1v) is 9.00. The van der Waals surface area contributed by atoms with E-state index < -0.39 is 16.2 Å². The summed E-state index contributed by atoms with van der Waals surface area (Å²) in [7, 11) is 0. The summed E-state index contributed by atoms with van der Waals surface area (Å²) in [6, 6.07) is 0. The molecule has 5 heavy (non-hydrogen) atoms. The number of hydrogen-bond acceptors (Lipinski definition) is 0. The van der Waals surface area contributed by atoms with Gasteiger partial charge in [0.2, 0.25) is 0 Å². The van der Waals surface area contributed by atoms with Crippen molar-refractivity contribution in [3.63, 3.8) is 0 Å². The Hall–Kier alpha value is 1.27. The first-order chi connectivity index (χ1) is 1.73. The monoisotopic (exact) mass is 183 g/mol. The molecule has 0 aromatic carbocycles. The summed E-state index contributed by atoms with van der Waals surface area (Å²) in [5.41, 5.74) is 7.06. The normalized spacial score (nSPS) is 5.40.